The van der Waals surface area contributed by atoms with Crippen LogP contribution in [0.3, 0.4) is 0 Å². The van der Waals surface area contributed by atoms with Crippen molar-refractivity contribution in [3.63, 3.8) is 0 Å². The zero-order valence-electron chi connectivity index (χ0n) is 13.2. The standard InChI is InChI=1S/C15H15ClF2N2O4/c1-8-12(13(16)20(2)19-8)14(21)23-7-9-4-5-10(24-15(17)18)11(6-9)22-3/h4-6,15H,7H2,1-3H3. The first-order valence-corrected chi connectivity index (χ1v) is 7.19. The summed E-state index contributed by atoms with van der Waals surface area (Å²) in [6, 6.07) is 4.25. The maximum atomic E-state index is 12.3. The van der Waals surface area contributed by atoms with Gasteiger partial charge in [-0.05, 0) is 24.6 Å². The number of esters is 1. The quantitative estimate of drug-likeness (QED) is 0.739. The molecular formula is C15H15ClF2N2O4. The number of aryl methyl sites for hydroxylation is 2. The van der Waals surface area contributed by atoms with Gasteiger partial charge in [-0.3, -0.25) is 4.68 Å². The average molecular weight is 361 g/mol. The third-order valence-electron chi connectivity index (χ3n) is 3.17. The van der Waals surface area contributed by atoms with Crippen LogP contribution < -0.4 is 9.47 Å². The molecule has 0 aliphatic carbocycles. The van der Waals surface area contributed by atoms with Crippen molar-refractivity contribution in [2.75, 3.05) is 7.11 Å². The van der Waals surface area contributed by atoms with E-state index in [9.17, 15) is 13.6 Å². The van der Waals surface area contributed by atoms with Gasteiger partial charge in [0.25, 0.3) is 0 Å². The van der Waals surface area contributed by atoms with Gasteiger partial charge in [-0.1, -0.05) is 17.7 Å². The molecule has 9 heteroatoms. The maximum Gasteiger partial charge on any atom is 0.387 e. The molecule has 0 N–H and O–H groups in total. The molecule has 2 aromatic rings. The maximum absolute atomic E-state index is 12.3. The molecule has 2 rings (SSSR count). The molecule has 0 unspecified atom stereocenters. The zero-order chi connectivity index (χ0) is 17.9. The second kappa shape index (κ2) is 7.48. The topological polar surface area (TPSA) is 62.6 Å². The third-order valence-corrected chi connectivity index (χ3v) is 3.60. The van der Waals surface area contributed by atoms with Crippen molar-refractivity contribution in [1.82, 2.24) is 9.78 Å². The van der Waals surface area contributed by atoms with Crippen LogP contribution in [0.15, 0.2) is 18.2 Å². The van der Waals surface area contributed by atoms with Gasteiger partial charge in [-0.25, -0.2) is 4.79 Å². The second-order valence-electron chi connectivity index (χ2n) is 4.81. The van der Waals surface area contributed by atoms with E-state index in [1.54, 1.807) is 14.0 Å². The van der Waals surface area contributed by atoms with E-state index in [4.69, 9.17) is 21.1 Å². The van der Waals surface area contributed by atoms with Crippen LogP contribution >= 0.6 is 11.6 Å². The second-order valence-corrected chi connectivity index (χ2v) is 5.17. The number of benzene rings is 1. The number of ether oxygens (including phenoxy) is 3. The molecule has 0 saturated carbocycles. The van der Waals surface area contributed by atoms with E-state index in [1.807, 2.05) is 0 Å². The smallest absolute Gasteiger partial charge is 0.387 e. The van der Waals surface area contributed by atoms with E-state index in [-0.39, 0.29) is 28.8 Å². The van der Waals surface area contributed by atoms with Crippen molar-refractivity contribution in [2.45, 2.75) is 20.1 Å². The molecule has 24 heavy (non-hydrogen) atoms. The lowest BCUT2D eigenvalue weighted by molar-refractivity contribution is -0.0512. The molecule has 0 atom stereocenters. The summed E-state index contributed by atoms with van der Waals surface area (Å²) in [6.45, 7) is -1.41. The fraction of sp³-hybridized carbons (Fsp3) is 0.333. The molecule has 0 amide bonds. The number of nitrogens with zero attached hydrogens (tertiary/aromatic N) is 2. The molecule has 0 bridgehead atoms. The number of hydrogen-bond donors (Lipinski definition) is 0. The van der Waals surface area contributed by atoms with Crippen LogP contribution in [0.5, 0.6) is 11.5 Å². The van der Waals surface area contributed by atoms with Crippen LogP contribution in [0.1, 0.15) is 21.6 Å². The van der Waals surface area contributed by atoms with Crippen LogP contribution in [-0.4, -0.2) is 29.5 Å². The predicted molar refractivity (Wildman–Crippen MR) is 81.7 cm³/mol. The summed E-state index contributed by atoms with van der Waals surface area (Å²) in [7, 11) is 2.93. The van der Waals surface area contributed by atoms with Crippen molar-refractivity contribution in [2.24, 2.45) is 7.05 Å². The SMILES string of the molecule is COc1cc(COC(=O)c2c(C)nn(C)c2Cl)ccc1OC(F)F. The Morgan fingerprint density at radius 3 is 2.62 bits per heavy atom. The molecule has 0 aliphatic rings. The third kappa shape index (κ3) is 3.94. The number of carbonyl (C=O) groups is 1. The van der Waals surface area contributed by atoms with E-state index >= 15 is 0 Å². The minimum Gasteiger partial charge on any atom is -0.493 e. The van der Waals surface area contributed by atoms with Gasteiger partial charge >= 0.3 is 12.6 Å². The van der Waals surface area contributed by atoms with Crippen LogP contribution in [-0.2, 0) is 18.4 Å². The molecule has 130 valence electrons. The fourth-order valence-electron chi connectivity index (χ4n) is 2.08. The van der Waals surface area contributed by atoms with Gasteiger partial charge in [0.05, 0.1) is 12.8 Å². The van der Waals surface area contributed by atoms with Gasteiger partial charge < -0.3 is 14.2 Å². The molecule has 1 heterocycles. The number of hydrogen-bond acceptors (Lipinski definition) is 5. The van der Waals surface area contributed by atoms with Crippen molar-refractivity contribution in [3.05, 3.63) is 40.2 Å². The predicted octanol–water partition coefficient (Wildman–Crippen LogP) is 3.35. The Balaban J connectivity index is 2.10. The lowest BCUT2D eigenvalue weighted by atomic mass is 10.2. The van der Waals surface area contributed by atoms with Crippen molar-refractivity contribution < 1.29 is 27.8 Å². The van der Waals surface area contributed by atoms with Crippen LogP contribution in [0, 0.1) is 6.92 Å². The molecule has 0 radical (unpaired) electrons. The molecule has 0 aliphatic heterocycles. The largest absolute Gasteiger partial charge is 0.493 e. The lowest BCUT2D eigenvalue weighted by Gasteiger charge is -2.11. The van der Waals surface area contributed by atoms with Crippen LogP contribution in [0.2, 0.25) is 5.15 Å². The highest BCUT2D eigenvalue weighted by Crippen LogP contribution is 2.30. The summed E-state index contributed by atoms with van der Waals surface area (Å²) < 4.78 is 40.4. The monoisotopic (exact) mass is 360 g/mol. The van der Waals surface area contributed by atoms with Gasteiger partial charge in [0.2, 0.25) is 0 Å². The van der Waals surface area contributed by atoms with E-state index in [0.717, 1.165) is 0 Å². The van der Waals surface area contributed by atoms with Crippen LogP contribution in [0.4, 0.5) is 8.78 Å². The van der Waals surface area contributed by atoms with E-state index in [0.29, 0.717) is 11.3 Å². The Kier molecular flexibility index (Phi) is 5.61. The van der Waals surface area contributed by atoms with Gasteiger partial charge in [0.1, 0.15) is 17.3 Å². The first-order valence-electron chi connectivity index (χ1n) is 6.81. The van der Waals surface area contributed by atoms with E-state index in [2.05, 4.69) is 9.84 Å². The number of rotatable bonds is 6. The highest BCUT2D eigenvalue weighted by atomic mass is 35.5. The number of methoxy groups -OCH3 is 1. The molecule has 0 spiro atoms. The Labute approximate surface area is 141 Å². The molecular weight excluding hydrogens is 346 g/mol. The minimum atomic E-state index is -2.96. The Hall–Kier alpha value is -2.35. The summed E-state index contributed by atoms with van der Waals surface area (Å²) in [6.07, 6.45) is 0. The summed E-state index contributed by atoms with van der Waals surface area (Å²) in [5.41, 5.74) is 1.18. The first-order chi connectivity index (χ1) is 11.3. The fourth-order valence-corrected chi connectivity index (χ4v) is 2.33. The number of alkyl halides is 2. The Bertz CT molecular complexity index is 749. The van der Waals surface area contributed by atoms with Gasteiger partial charge in [-0.15, -0.1) is 0 Å². The zero-order valence-corrected chi connectivity index (χ0v) is 13.9. The number of carbonyl (C=O) groups excluding carboxylic acids is 1. The van der Waals surface area contributed by atoms with Gasteiger partial charge in [0, 0.05) is 7.05 Å². The summed E-state index contributed by atoms with van der Waals surface area (Å²) >= 11 is 6.00. The summed E-state index contributed by atoms with van der Waals surface area (Å²) in [5.74, 6) is -0.620. The van der Waals surface area contributed by atoms with Gasteiger partial charge in [0.15, 0.2) is 11.5 Å². The number of halogens is 3. The minimum absolute atomic E-state index is 0.0885. The summed E-state index contributed by atoms with van der Waals surface area (Å²) in [5, 5.41) is 4.21. The Morgan fingerprint density at radius 2 is 2.08 bits per heavy atom. The Morgan fingerprint density at radius 1 is 1.38 bits per heavy atom. The van der Waals surface area contributed by atoms with E-state index < -0.39 is 12.6 Å². The highest BCUT2D eigenvalue weighted by Gasteiger charge is 2.20. The van der Waals surface area contributed by atoms with Crippen molar-refractivity contribution in [1.29, 1.82) is 0 Å². The molecule has 1 aromatic carbocycles. The highest BCUT2D eigenvalue weighted by molar-refractivity contribution is 6.32. The normalized spacial score (nSPS) is 10.8. The van der Waals surface area contributed by atoms with E-state index in [1.165, 1.54) is 30.0 Å². The first kappa shape index (κ1) is 18.0. The molecule has 1 aromatic heterocycles. The summed E-state index contributed by atoms with van der Waals surface area (Å²) in [4.78, 5) is 12.1. The molecule has 6 nitrogen and oxygen atoms in total. The number of aromatic nitrogens is 2. The lowest BCUT2D eigenvalue weighted by Crippen LogP contribution is -2.07. The molecule has 0 fully saturated rings. The van der Waals surface area contributed by atoms with Crippen LogP contribution in [0.25, 0.3) is 0 Å². The van der Waals surface area contributed by atoms with Crippen molar-refractivity contribution in [3.8, 4) is 11.5 Å². The van der Waals surface area contributed by atoms with Gasteiger partial charge in [-0.2, -0.15) is 13.9 Å². The average Bonchev–Trinajstić information content (AvgIpc) is 2.78. The van der Waals surface area contributed by atoms with Crippen molar-refractivity contribution >= 4 is 17.6 Å². The molecule has 0 saturated heterocycles.